The number of anilines is 1. The predicted octanol–water partition coefficient (Wildman–Crippen LogP) is 0.180. The zero-order valence-corrected chi connectivity index (χ0v) is 13.4. The van der Waals surface area contributed by atoms with Crippen molar-refractivity contribution in [2.75, 3.05) is 18.4 Å². The molecule has 3 N–H and O–H groups in total. The lowest BCUT2D eigenvalue weighted by Gasteiger charge is -2.09. The summed E-state index contributed by atoms with van der Waals surface area (Å²) in [5.74, 6) is 0.610. The van der Waals surface area contributed by atoms with E-state index >= 15 is 0 Å². The van der Waals surface area contributed by atoms with Crippen molar-refractivity contribution < 1.29 is 0 Å². The van der Waals surface area contributed by atoms with Crippen LogP contribution in [0.5, 0.6) is 0 Å². The first-order valence-corrected chi connectivity index (χ1v) is 7.78. The summed E-state index contributed by atoms with van der Waals surface area (Å²) < 4.78 is 4.62. The minimum absolute atomic E-state index is 0.284. The maximum Gasteiger partial charge on any atom is 0.332 e. The standard InChI is InChI=1S/C14H24N6O2/c1-4-18-10-11(17-13(18)16-9-7-8-15)19(5-2)14(22)20(6-3)12(10)21/h4-9,15H2,1-3H3,(H,16,17). The van der Waals surface area contributed by atoms with Crippen LogP contribution in [0.2, 0.25) is 0 Å². The Kier molecular flexibility index (Phi) is 5.02. The molecular weight excluding hydrogens is 284 g/mol. The predicted molar refractivity (Wildman–Crippen MR) is 87.4 cm³/mol. The Labute approximate surface area is 128 Å². The van der Waals surface area contributed by atoms with Crippen molar-refractivity contribution in [1.29, 1.82) is 0 Å². The summed E-state index contributed by atoms with van der Waals surface area (Å²) in [6, 6.07) is 0. The first-order valence-electron chi connectivity index (χ1n) is 7.78. The first kappa shape index (κ1) is 16.3. The second-order valence-corrected chi connectivity index (χ2v) is 5.00. The molecule has 0 amide bonds. The number of hydrogen-bond acceptors (Lipinski definition) is 5. The number of fused-ring (bicyclic) bond motifs is 1. The van der Waals surface area contributed by atoms with Gasteiger partial charge in [-0.25, -0.2) is 4.79 Å². The quantitative estimate of drug-likeness (QED) is 0.711. The molecule has 0 aromatic carbocycles. The van der Waals surface area contributed by atoms with Gasteiger partial charge in [0.25, 0.3) is 5.56 Å². The van der Waals surface area contributed by atoms with E-state index in [1.165, 1.54) is 4.57 Å². The normalized spacial score (nSPS) is 11.3. The monoisotopic (exact) mass is 308 g/mol. The van der Waals surface area contributed by atoms with Crippen molar-refractivity contribution in [3.05, 3.63) is 20.8 Å². The highest BCUT2D eigenvalue weighted by Crippen LogP contribution is 2.15. The van der Waals surface area contributed by atoms with Crippen LogP contribution >= 0.6 is 0 Å². The minimum atomic E-state index is -0.309. The first-order chi connectivity index (χ1) is 10.6. The maximum atomic E-state index is 12.6. The molecule has 0 atom stereocenters. The van der Waals surface area contributed by atoms with Crippen molar-refractivity contribution in [2.24, 2.45) is 5.73 Å². The lowest BCUT2D eigenvalue weighted by molar-refractivity contribution is 0.603. The molecule has 0 unspecified atom stereocenters. The van der Waals surface area contributed by atoms with Crippen LogP contribution in [-0.4, -0.2) is 31.8 Å². The van der Waals surface area contributed by atoms with Crippen LogP contribution < -0.4 is 22.3 Å². The summed E-state index contributed by atoms with van der Waals surface area (Å²) in [6.07, 6.45) is 0.812. The second kappa shape index (κ2) is 6.78. The Morgan fingerprint density at radius 2 is 1.68 bits per heavy atom. The molecule has 2 heterocycles. The molecule has 0 aliphatic heterocycles. The van der Waals surface area contributed by atoms with Crippen molar-refractivity contribution in [3.8, 4) is 0 Å². The Morgan fingerprint density at radius 3 is 2.23 bits per heavy atom. The summed E-state index contributed by atoms with van der Waals surface area (Å²) in [7, 11) is 0. The zero-order valence-electron chi connectivity index (χ0n) is 13.4. The molecule has 0 saturated carbocycles. The summed E-state index contributed by atoms with van der Waals surface area (Å²) in [4.78, 5) is 29.5. The van der Waals surface area contributed by atoms with Gasteiger partial charge < -0.3 is 15.6 Å². The van der Waals surface area contributed by atoms with Gasteiger partial charge in [0.05, 0.1) is 0 Å². The molecule has 2 aromatic rings. The number of nitrogens with one attached hydrogen (secondary N) is 1. The van der Waals surface area contributed by atoms with Crippen LogP contribution in [0.15, 0.2) is 9.59 Å². The Hall–Kier alpha value is -2.09. The van der Waals surface area contributed by atoms with E-state index in [0.29, 0.717) is 49.8 Å². The zero-order chi connectivity index (χ0) is 16.3. The number of hydrogen-bond donors (Lipinski definition) is 2. The summed E-state index contributed by atoms with van der Waals surface area (Å²) in [5.41, 5.74) is 5.82. The van der Waals surface area contributed by atoms with Gasteiger partial charge in [0.2, 0.25) is 5.95 Å². The molecule has 8 nitrogen and oxygen atoms in total. The fraction of sp³-hybridized carbons (Fsp3) is 0.643. The Morgan fingerprint density at radius 1 is 1.05 bits per heavy atom. The number of nitrogens with two attached hydrogens (primary N) is 1. The second-order valence-electron chi connectivity index (χ2n) is 5.00. The van der Waals surface area contributed by atoms with Gasteiger partial charge in [-0.1, -0.05) is 0 Å². The number of aromatic nitrogens is 4. The van der Waals surface area contributed by atoms with E-state index in [0.717, 1.165) is 6.42 Å². The molecule has 8 heteroatoms. The average Bonchev–Trinajstić information content (AvgIpc) is 2.87. The molecule has 0 bridgehead atoms. The minimum Gasteiger partial charge on any atom is -0.356 e. The van der Waals surface area contributed by atoms with E-state index < -0.39 is 0 Å². The highest BCUT2D eigenvalue weighted by molar-refractivity contribution is 5.74. The molecule has 0 saturated heterocycles. The Bertz CT molecular complexity index is 770. The molecule has 2 rings (SSSR count). The molecule has 122 valence electrons. The molecule has 0 aliphatic rings. The fourth-order valence-corrected chi connectivity index (χ4v) is 2.60. The number of imidazole rings is 1. The van der Waals surface area contributed by atoms with Crippen LogP contribution in [-0.2, 0) is 19.6 Å². The maximum absolute atomic E-state index is 12.6. The Balaban J connectivity index is 2.75. The fourth-order valence-electron chi connectivity index (χ4n) is 2.60. The van der Waals surface area contributed by atoms with E-state index in [-0.39, 0.29) is 11.2 Å². The third-order valence-corrected chi connectivity index (χ3v) is 3.73. The number of nitrogens with zero attached hydrogens (tertiary/aromatic N) is 4. The number of rotatable bonds is 7. The summed E-state index contributed by atoms with van der Waals surface area (Å²) in [6.45, 7) is 8.30. The van der Waals surface area contributed by atoms with Gasteiger partial charge in [0.1, 0.15) is 0 Å². The third-order valence-electron chi connectivity index (χ3n) is 3.73. The summed E-state index contributed by atoms with van der Waals surface area (Å²) >= 11 is 0. The highest BCUT2D eigenvalue weighted by Gasteiger charge is 2.19. The van der Waals surface area contributed by atoms with Gasteiger partial charge in [-0.2, -0.15) is 4.98 Å². The van der Waals surface area contributed by atoms with Gasteiger partial charge in [-0.05, 0) is 33.7 Å². The molecule has 0 fully saturated rings. The SMILES string of the molecule is CCn1c(=O)c2c(nc(NCCCN)n2CC)n(CC)c1=O. The van der Waals surface area contributed by atoms with Gasteiger partial charge >= 0.3 is 5.69 Å². The van der Waals surface area contributed by atoms with Gasteiger partial charge in [-0.15, -0.1) is 0 Å². The lowest BCUT2D eigenvalue weighted by Crippen LogP contribution is -2.40. The van der Waals surface area contributed by atoms with E-state index in [2.05, 4.69) is 10.3 Å². The number of aryl methyl sites for hydroxylation is 2. The highest BCUT2D eigenvalue weighted by atomic mass is 16.2. The smallest absolute Gasteiger partial charge is 0.332 e. The molecule has 2 aromatic heterocycles. The van der Waals surface area contributed by atoms with E-state index in [4.69, 9.17) is 5.73 Å². The van der Waals surface area contributed by atoms with Gasteiger partial charge in [0.15, 0.2) is 11.2 Å². The van der Waals surface area contributed by atoms with Crippen LogP contribution in [0.25, 0.3) is 11.2 Å². The van der Waals surface area contributed by atoms with Crippen LogP contribution in [0.1, 0.15) is 27.2 Å². The van der Waals surface area contributed by atoms with Crippen molar-refractivity contribution in [3.63, 3.8) is 0 Å². The molecule has 0 aliphatic carbocycles. The lowest BCUT2D eigenvalue weighted by atomic mass is 10.4. The van der Waals surface area contributed by atoms with Crippen LogP contribution in [0, 0.1) is 0 Å². The van der Waals surface area contributed by atoms with Crippen LogP contribution in [0.3, 0.4) is 0 Å². The molecular formula is C14H24N6O2. The molecule has 22 heavy (non-hydrogen) atoms. The van der Waals surface area contributed by atoms with Gasteiger partial charge in [0, 0.05) is 26.2 Å². The third kappa shape index (κ3) is 2.54. The van der Waals surface area contributed by atoms with Gasteiger partial charge in [-0.3, -0.25) is 13.9 Å². The molecule has 0 spiro atoms. The van der Waals surface area contributed by atoms with Crippen LogP contribution in [0.4, 0.5) is 5.95 Å². The molecule has 0 radical (unpaired) electrons. The average molecular weight is 308 g/mol. The van der Waals surface area contributed by atoms with E-state index in [9.17, 15) is 9.59 Å². The van der Waals surface area contributed by atoms with Crippen molar-refractivity contribution in [1.82, 2.24) is 18.7 Å². The van der Waals surface area contributed by atoms with E-state index in [1.54, 1.807) is 11.5 Å². The topological polar surface area (TPSA) is 99.9 Å². The summed E-state index contributed by atoms with van der Waals surface area (Å²) in [5, 5.41) is 3.20. The largest absolute Gasteiger partial charge is 0.356 e. The van der Waals surface area contributed by atoms with Crippen molar-refractivity contribution >= 4 is 17.1 Å². The van der Waals surface area contributed by atoms with Crippen molar-refractivity contribution in [2.45, 2.75) is 46.8 Å². The van der Waals surface area contributed by atoms with E-state index in [1.807, 2.05) is 18.4 Å².